The van der Waals surface area contributed by atoms with Gasteiger partial charge in [0.2, 0.25) is 0 Å². The van der Waals surface area contributed by atoms with Crippen LogP contribution >= 0.6 is 0 Å². The molecule has 1 saturated carbocycles. The Morgan fingerprint density at radius 3 is 3.07 bits per heavy atom. The summed E-state index contributed by atoms with van der Waals surface area (Å²) in [4.78, 5) is 8.68. The standard InChI is InChI=1S/C11H16N4/c1-2-8(3-1)15-11-9-4-5-12-6-10(9)13-7-14-11/h7-8,12H,1-6H2,(H,13,14,15). The van der Waals surface area contributed by atoms with Crippen molar-refractivity contribution in [1.82, 2.24) is 15.3 Å². The summed E-state index contributed by atoms with van der Waals surface area (Å²) in [6.45, 7) is 1.93. The number of aromatic nitrogens is 2. The molecule has 0 spiro atoms. The first-order chi connectivity index (χ1) is 7.43. The minimum absolute atomic E-state index is 0.652. The van der Waals surface area contributed by atoms with Crippen LogP contribution in [0, 0.1) is 0 Å². The zero-order valence-corrected chi connectivity index (χ0v) is 8.79. The van der Waals surface area contributed by atoms with E-state index in [0.717, 1.165) is 31.0 Å². The van der Waals surface area contributed by atoms with E-state index in [1.54, 1.807) is 6.33 Å². The summed E-state index contributed by atoms with van der Waals surface area (Å²) in [5, 5.41) is 6.86. The van der Waals surface area contributed by atoms with Crippen molar-refractivity contribution in [3.05, 3.63) is 17.6 Å². The fourth-order valence-corrected chi connectivity index (χ4v) is 2.15. The van der Waals surface area contributed by atoms with Gasteiger partial charge in [-0.25, -0.2) is 9.97 Å². The highest BCUT2D eigenvalue weighted by molar-refractivity contribution is 5.48. The van der Waals surface area contributed by atoms with Gasteiger partial charge in [0, 0.05) is 18.2 Å². The molecule has 15 heavy (non-hydrogen) atoms. The Hall–Kier alpha value is -1.16. The Bertz CT molecular complexity index is 360. The maximum Gasteiger partial charge on any atom is 0.133 e. The van der Waals surface area contributed by atoms with Gasteiger partial charge < -0.3 is 10.6 Å². The number of nitrogens with zero attached hydrogens (tertiary/aromatic N) is 2. The van der Waals surface area contributed by atoms with Crippen molar-refractivity contribution in [1.29, 1.82) is 0 Å². The Labute approximate surface area is 89.5 Å². The summed E-state index contributed by atoms with van der Waals surface area (Å²) in [7, 11) is 0. The van der Waals surface area contributed by atoms with Gasteiger partial charge in [0.05, 0.1) is 5.69 Å². The lowest BCUT2D eigenvalue weighted by atomic mass is 9.93. The van der Waals surface area contributed by atoms with Crippen LogP contribution in [-0.2, 0) is 13.0 Å². The molecule has 0 aromatic carbocycles. The highest BCUT2D eigenvalue weighted by atomic mass is 15.1. The van der Waals surface area contributed by atoms with E-state index < -0.39 is 0 Å². The van der Waals surface area contributed by atoms with Crippen molar-refractivity contribution in [2.24, 2.45) is 0 Å². The summed E-state index contributed by atoms with van der Waals surface area (Å²) in [5.74, 6) is 1.08. The Morgan fingerprint density at radius 2 is 2.27 bits per heavy atom. The molecule has 0 bridgehead atoms. The molecule has 3 rings (SSSR count). The maximum atomic E-state index is 4.36. The van der Waals surface area contributed by atoms with Crippen LogP contribution < -0.4 is 10.6 Å². The third-order valence-electron chi connectivity index (χ3n) is 3.32. The highest BCUT2D eigenvalue weighted by Crippen LogP contribution is 2.25. The fraction of sp³-hybridized carbons (Fsp3) is 0.636. The Kier molecular flexibility index (Phi) is 2.29. The molecule has 0 radical (unpaired) electrons. The van der Waals surface area contributed by atoms with E-state index in [1.807, 2.05) is 0 Å². The molecule has 4 nitrogen and oxygen atoms in total. The van der Waals surface area contributed by atoms with Crippen molar-refractivity contribution < 1.29 is 0 Å². The molecule has 1 aromatic heterocycles. The summed E-state index contributed by atoms with van der Waals surface area (Å²) in [6.07, 6.45) is 6.65. The molecule has 1 aliphatic carbocycles. The zero-order chi connectivity index (χ0) is 10.1. The molecule has 1 fully saturated rings. The summed E-state index contributed by atoms with van der Waals surface area (Å²) >= 11 is 0. The predicted molar refractivity (Wildman–Crippen MR) is 58.7 cm³/mol. The van der Waals surface area contributed by atoms with Gasteiger partial charge in [-0.3, -0.25) is 0 Å². The lowest BCUT2D eigenvalue weighted by molar-refractivity contribution is 0.443. The molecule has 4 heteroatoms. The minimum atomic E-state index is 0.652. The normalized spacial score (nSPS) is 20.5. The van der Waals surface area contributed by atoms with Gasteiger partial charge in [0.1, 0.15) is 12.1 Å². The molecule has 2 aliphatic rings. The second-order valence-electron chi connectivity index (χ2n) is 4.35. The third-order valence-corrected chi connectivity index (χ3v) is 3.32. The molecule has 0 saturated heterocycles. The summed E-state index contributed by atoms with van der Waals surface area (Å²) < 4.78 is 0. The number of rotatable bonds is 2. The van der Waals surface area contributed by atoms with E-state index in [4.69, 9.17) is 0 Å². The first kappa shape index (κ1) is 9.09. The quantitative estimate of drug-likeness (QED) is 0.757. The zero-order valence-electron chi connectivity index (χ0n) is 8.79. The van der Waals surface area contributed by atoms with Crippen LogP contribution in [-0.4, -0.2) is 22.6 Å². The molecule has 2 heterocycles. The highest BCUT2D eigenvalue weighted by Gasteiger charge is 2.21. The lowest BCUT2D eigenvalue weighted by Gasteiger charge is -2.29. The first-order valence-electron chi connectivity index (χ1n) is 5.73. The molecule has 1 aliphatic heterocycles. The molecular formula is C11H16N4. The van der Waals surface area contributed by atoms with Gasteiger partial charge in [0.15, 0.2) is 0 Å². The van der Waals surface area contributed by atoms with Crippen molar-refractivity contribution in [3.63, 3.8) is 0 Å². The monoisotopic (exact) mass is 204 g/mol. The molecule has 1 aromatic rings. The van der Waals surface area contributed by atoms with Crippen molar-refractivity contribution >= 4 is 5.82 Å². The number of hydrogen-bond donors (Lipinski definition) is 2. The molecule has 0 atom stereocenters. The Balaban J connectivity index is 1.85. The second-order valence-corrected chi connectivity index (χ2v) is 4.35. The van der Waals surface area contributed by atoms with Gasteiger partial charge in [-0.2, -0.15) is 0 Å². The van der Waals surface area contributed by atoms with Gasteiger partial charge in [-0.05, 0) is 32.2 Å². The van der Waals surface area contributed by atoms with Crippen LogP contribution in [0.25, 0.3) is 0 Å². The van der Waals surface area contributed by atoms with E-state index in [0.29, 0.717) is 6.04 Å². The van der Waals surface area contributed by atoms with Gasteiger partial charge in [-0.15, -0.1) is 0 Å². The molecule has 2 N–H and O–H groups in total. The predicted octanol–water partition coefficient (Wildman–Crippen LogP) is 1.09. The summed E-state index contributed by atoms with van der Waals surface area (Å²) in [6, 6.07) is 0.652. The molecular weight excluding hydrogens is 188 g/mol. The largest absolute Gasteiger partial charge is 0.367 e. The van der Waals surface area contributed by atoms with Crippen LogP contribution in [0.15, 0.2) is 6.33 Å². The average molecular weight is 204 g/mol. The maximum absolute atomic E-state index is 4.36. The molecule has 0 unspecified atom stereocenters. The van der Waals surface area contributed by atoms with Crippen LogP contribution in [0.5, 0.6) is 0 Å². The molecule has 80 valence electrons. The van der Waals surface area contributed by atoms with E-state index in [-0.39, 0.29) is 0 Å². The van der Waals surface area contributed by atoms with Crippen LogP contribution in [0.2, 0.25) is 0 Å². The van der Waals surface area contributed by atoms with Gasteiger partial charge in [-0.1, -0.05) is 0 Å². The lowest BCUT2D eigenvalue weighted by Crippen LogP contribution is -2.31. The minimum Gasteiger partial charge on any atom is -0.367 e. The molecule has 0 amide bonds. The Morgan fingerprint density at radius 1 is 1.33 bits per heavy atom. The topological polar surface area (TPSA) is 49.8 Å². The van der Waals surface area contributed by atoms with E-state index in [9.17, 15) is 0 Å². The third kappa shape index (κ3) is 1.69. The number of nitrogens with one attached hydrogen (secondary N) is 2. The first-order valence-corrected chi connectivity index (χ1v) is 5.73. The fourth-order valence-electron chi connectivity index (χ4n) is 2.15. The average Bonchev–Trinajstić information content (AvgIpc) is 2.23. The summed E-state index contributed by atoms with van der Waals surface area (Å²) in [5.41, 5.74) is 2.49. The van der Waals surface area contributed by atoms with E-state index >= 15 is 0 Å². The smallest absolute Gasteiger partial charge is 0.133 e. The SMILES string of the molecule is c1nc2c(c(NC3CCC3)n1)CCNC2. The van der Waals surface area contributed by atoms with Crippen molar-refractivity contribution in [2.75, 3.05) is 11.9 Å². The van der Waals surface area contributed by atoms with Crippen LogP contribution in [0.4, 0.5) is 5.82 Å². The number of fused-ring (bicyclic) bond motifs is 1. The second kappa shape index (κ2) is 3.77. The van der Waals surface area contributed by atoms with Gasteiger partial charge in [0.25, 0.3) is 0 Å². The number of anilines is 1. The van der Waals surface area contributed by atoms with E-state index in [2.05, 4.69) is 20.6 Å². The number of hydrogen-bond acceptors (Lipinski definition) is 4. The van der Waals surface area contributed by atoms with E-state index in [1.165, 1.54) is 24.8 Å². The van der Waals surface area contributed by atoms with Crippen LogP contribution in [0.1, 0.15) is 30.5 Å². The van der Waals surface area contributed by atoms with Gasteiger partial charge >= 0.3 is 0 Å². The van der Waals surface area contributed by atoms with Crippen molar-refractivity contribution in [2.45, 2.75) is 38.3 Å². The van der Waals surface area contributed by atoms with Crippen molar-refractivity contribution in [3.8, 4) is 0 Å². The van der Waals surface area contributed by atoms with Crippen LogP contribution in [0.3, 0.4) is 0 Å².